The number of rotatable bonds is 4. The van der Waals surface area contributed by atoms with Gasteiger partial charge in [0.2, 0.25) is 0 Å². The maximum atomic E-state index is 9.38. The highest BCUT2D eigenvalue weighted by Crippen LogP contribution is 2.19. The van der Waals surface area contributed by atoms with Crippen LogP contribution in [0.15, 0.2) is 48.5 Å². The molecule has 0 bridgehead atoms. The quantitative estimate of drug-likeness (QED) is 0.869. The molecule has 3 nitrogen and oxygen atoms in total. The summed E-state index contributed by atoms with van der Waals surface area (Å²) in [7, 11) is 0. The smallest absolute Gasteiger partial charge is 0.119 e. The first-order chi connectivity index (χ1) is 8.65. The maximum absolute atomic E-state index is 9.38. The lowest BCUT2D eigenvalue weighted by atomic mass is 10.1. The van der Waals surface area contributed by atoms with Gasteiger partial charge in [0.05, 0.1) is 6.10 Å². The molecule has 0 aliphatic rings. The number of hydrogen-bond donors (Lipinski definition) is 2. The minimum absolute atomic E-state index is 0.237. The van der Waals surface area contributed by atoms with Crippen molar-refractivity contribution in [2.24, 2.45) is 0 Å². The van der Waals surface area contributed by atoms with Crippen molar-refractivity contribution < 1.29 is 14.9 Å². The zero-order chi connectivity index (χ0) is 13.0. The normalized spacial score (nSPS) is 12.1. The van der Waals surface area contributed by atoms with Gasteiger partial charge < -0.3 is 14.9 Å². The predicted octanol–water partition coefficient (Wildman–Crippen LogP) is 3.02. The van der Waals surface area contributed by atoms with E-state index in [2.05, 4.69) is 0 Å². The Bertz CT molecular complexity index is 503. The highest BCUT2D eigenvalue weighted by atomic mass is 16.5. The van der Waals surface area contributed by atoms with E-state index in [1.54, 1.807) is 25.1 Å². The Morgan fingerprint density at radius 2 is 1.83 bits per heavy atom. The van der Waals surface area contributed by atoms with Crippen molar-refractivity contribution in [3.8, 4) is 11.5 Å². The summed E-state index contributed by atoms with van der Waals surface area (Å²) < 4.78 is 5.59. The predicted molar refractivity (Wildman–Crippen MR) is 69.5 cm³/mol. The molecule has 2 aromatic carbocycles. The summed E-state index contributed by atoms with van der Waals surface area (Å²) in [6.45, 7) is 2.13. The molecule has 2 aromatic rings. The van der Waals surface area contributed by atoms with Crippen molar-refractivity contribution in [3.05, 3.63) is 59.7 Å². The monoisotopic (exact) mass is 244 g/mol. The van der Waals surface area contributed by atoms with Crippen LogP contribution in [0.4, 0.5) is 0 Å². The van der Waals surface area contributed by atoms with Crippen molar-refractivity contribution in [3.63, 3.8) is 0 Å². The summed E-state index contributed by atoms with van der Waals surface area (Å²) in [5.41, 5.74) is 1.77. The molecule has 18 heavy (non-hydrogen) atoms. The maximum Gasteiger partial charge on any atom is 0.119 e. The van der Waals surface area contributed by atoms with E-state index in [4.69, 9.17) is 4.74 Å². The highest BCUT2D eigenvalue weighted by molar-refractivity contribution is 5.30. The van der Waals surface area contributed by atoms with Crippen molar-refractivity contribution in [2.45, 2.75) is 19.6 Å². The molecule has 0 radical (unpaired) electrons. The van der Waals surface area contributed by atoms with E-state index in [0.29, 0.717) is 6.61 Å². The van der Waals surface area contributed by atoms with Gasteiger partial charge in [0.1, 0.15) is 18.1 Å². The number of aromatic hydroxyl groups is 1. The molecule has 0 aromatic heterocycles. The van der Waals surface area contributed by atoms with E-state index in [1.807, 2.05) is 30.3 Å². The van der Waals surface area contributed by atoms with Crippen LogP contribution in [-0.4, -0.2) is 10.2 Å². The van der Waals surface area contributed by atoms with Gasteiger partial charge in [-0.25, -0.2) is 0 Å². The average molecular weight is 244 g/mol. The molecule has 1 atom stereocenters. The minimum atomic E-state index is -0.467. The molecule has 0 fully saturated rings. The number of aliphatic hydroxyl groups excluding tert-OH is 1. The molecule has 2 rings (SSSR count). The van der Waals surface area contributed by atoms with Crippen molar-refractivity contribution in [1.29, 1.82) is 0 Å². The molecule has 0 amide bonds. The van der Waals surface area contributed by atoms with Crippen molar-refractivity contribution in [2.75, 3.05) is 0 Å². The van der Waals surface area contributed by atoms with Gasteiger partial charge in [-0.05, 0) is 42.3 Å². The first-order valence-electron chi connectivity index (χ1n) is 5.84. The number of hydrogen-bond acceptors (Lipinski definition) is 3. The van der Waals surface area contributed by atoms with Crippen molar-refractivity contribution >= 4 is 0 Å². The third kappa shape index (κ3) is 3.25. The molecule has 0 spiro atoms. The molecule has 3 heteroatoms. The Morgan fingerprint density at radius 1 is 1.11 bits per heavy atom. The van der Waals surface area contributed by atoms with Crippen LogP contribution in [0.5, 0.6) is 11.5 Å². The van der Waals surface area contributed by atoms with Gasteiger partial charge in [0.15, 0.2) is 0 Å². The molecule has 0 unspecified atom stereocenters. The van der Waals surface area contributed by atoms with E-state index in [9.17, 15) is 10.2 Å². The van der Waals surface area contributed by atoms with E-state index in [1.165, 1.54) is 0 Å². The fourth-order valence-corrected chi connectivity index (χ4v) is 1.66. The summed E-state index contributed by atoms with van der Waals surface area (Å²) in [5, 5.41) is 18.7. The van der Waals surface area contributed by atoms with Crippen LogP contribution in [0.25, 0.3) is 0 Å². The lowest BCUT2D eigenvalue weighted by molar-refractivity contribution is 0.199. The lowest BCUT2D eigenvalue weighted by Crippen LogP contribution is -1.96. The van der Waals surface area contributed by atoms with Crippen LogP contribution in [0.3, 0.4) is 0 Å². The Balaban J connectivity index is 1.98. The Kier molecular flexibility index (Phi) is 3.85. The average Bonchev–Trinajstić information content (AvgIpc) is 2.37. The number of benzene rings is 2. The molecule has 0 aliphatic carbocycles. The number of phenols is 1. The van der Waals surface area contributed by atoms with Crippen LogP contribution in [0.1, 0.15) is 24.2 Å². The first-order valence-corrected chi connectivity index (χ1v) is 5.84. The third-order valence-electron chi connectivity index (χ3n) is 2.68. The summed E-state index contributed by atoms with van der Waals surface area (Å²) in [6.07, 6.45) is -0.467. The van der Waals surface area contributed by atoms with Gasteiger partial charge in [-0.3, -0.25) is 0 Å². The first kappa shape index (κ1) is 12.5. The fourth-order valence-electron chi connectivity index (χ4n) is 1.66. The van der Waals surface area contributed by atoms with Crippen molar-refractivity contribution in [1.82, 2.24) is 0 Å². The molecule has 0 aliphatic heterocycles. The molecular weight excluding hydrogens is 228 g/mol. The highest BCUT2D eigenvalue weighted by Gasteiger charge is 2.01. The summed E-state index contributed by atoms with van der Waals surface area (Å²) in [5.74, 6) is 0.975. The molecule has 0 saturated heterocycles. The zero-order valence-electron chi connectivity index (χ0n) is 10.2. The van der Waals surface area contributed by atoms with E-state index in [0.717, 1.165) is 16.9 Å². The lowest BCUT2D eigenvalue weighted by Gasteiger charge is -2.08. The molecule has 94 valence electrons. The minimum Gasteiger partial charge on any atom is -0.508 e. The summed E-state index contributed by atoms with van der Waals surface area (Å²) in [6, 6.07) is 14.3. The Labute approximate surface area is 106 Å². The van der Waals surface area contributed by atoms with E-state index >= 15 is 0 Å². The van der Waals surface area contributed by atoms with Crippen LogP contribution >= 0.6 is 0 Å². The van der Waals surface area contributed by atoms with Crippen LogP contribution in [0, 0.1) is 0 Å². The number of ether oxygens (including phenoxy) is 1. The molecule has 0 saturated carbocycles. The van der Waals surface area contributed by atoms with Gasteiger partial charge in [-0.2, -0.15) is 0 Å². The topological polar surface area (TPSA) is 49.7 Å². The zero-order valence-corrected chi connectivity index (χ0v) is 10.2. The molecule has 2 N–H and O–H groups in total. The van der Waals surface area contributed by atoms with Gasteiger partial charge in [-0.1, -0.05) is 24.3 Å². The second-order valence-electron chi connectivity index (χ2n) is 4.20. The van der Waals surface area contributed by atoms with E-state index in [-0.39, 0.29) is 5.75 Å². The van der Waals surface area contributed by atoms with Gasteiger partial charge in [0.25, 0.3) is 0 Å². The van der Waals surface area contributed by atoms with Gasteiger partial charge in [0, 0.05) is 0 Å². The Morgan fingerprint density at radius 3 is 2.44 bits per heavy atom. The van der Waals surface area contributed by atoms with E-state index < -0.39 is 6.10 Å². The third-order valence-corrected chi connectivity index (χ3v) is 2.68. The second-order valence-corrected chi connectivity index (χ2v) is 4.20. The van der Waals surface area contributed by atoms with Gasteiger partial charge >= 0.3 is 0 Å². The largest absolute Gasteiger partial charge is 0.508 e. The number of aliphatic hydroxyl groups is 1. The van der Waals surface area contributed by atoms with Crippen LogP contribution in [-0.2, 0) is 6.61 Å². The fraction of sp³-hybridized carbons (Fsp3) is 0.200. The summed E-state index contributed by atoms with van der Waals surface area (Å²) >= 11 is 0. The van der Waals surface area contributed by atoms with Gasteiger partial charge in [-0.15, -0.1) is 0 Å². The van der Waals surface area contributed by atoms with Crippen LogP contribution < -0.4 is 4.74 Å². The number of phenolic OH excluding ortho intramolecular Hbond substituents is 1. The Hall–Kier alpha value is -2.00. The summed E-state index contributed by atoms with van der Waals surface area (Å²) in [4.78, 5) is 0. The second kappa shape index (κ2) is 5.56. The molecule has 0 heterocycles. The standard InChI is InChI=1S/C15H16O3/c1-11(16)13-5-7-15(8-6-13)18-10-12-3-2-4-14(17)9-12/h2-9,11,16-17H,10H2,1H3/t11-/m0/s1. The SMILES string of the molecule is C[C@H](O)c1ccc(OCc2cccc(O)c2)cc1. The molecular formula is C15H16O3. The van der Waals surface area contributed by atoms with Crippen LogP contribution in [0.2, 0.25) is 0 Å².